The Morgan fingerprint density at radius 3 is 2.57 bits per heavy atom. The molecule has 6 heteroatoms. The number of fused-ring (bicyclic) bond motifs is 1. The molecular weight excluding hydrogens is 423 g/mol. The summed E-state index contributed by atoms with van der Waals surface area (Å²) in [7, 11) is 0. The molecule has 1 fully saturated rings. The number of ketones is 1. The number of hydrogen-bond acceptors (Lipinski definition) is 4. The average molecular weight is 447 g/mol. The van der Waals surface area contributed by atoms with E-state index in [2.05, 4.69) is 31.8 Å². The van der Waals surface area contributed by atoms with Crippen LogP contribution in [0.3, 0.4) is 0 Å². The van der Waals surface area contributed by atoms with Gasteiger partial charge in [0.15, 0.2) is 5.78 Å². The smallest absolute Gasteiger partial charge is 0.176 e. The van der Waals surface area contributed by atoms with Gasteiger partial charge in [0.05, 0.1) is 6.54 Å². The Morgan fingerprint density at radius 1 is 1.14 bits per heavy atom. The summed E-state index contributed by atoms with van der Waals surface area (Å²) in [5.74, 6) is 0.231. The number of piperidine rings is 1. The van der Waals surface area contributed by atoms with Gasteiger partial charge in [-0.05, 0) is 79.4 Å². The van der Waals surface area contributed by atoms with Crippen LogP contribution in [-0.2, 0) is 6.54 Å². The molecule has 4 rings (SSSR count). The Bertz CT molecular complexity index is 850. The van der Waals surface area contributed by atoms with Crippen LogP contribution in [0.25, 0.3) is 0 Å². The highest BCUT2D eigenvalue weighted by Gasteiger charge is 2.31. The zero-order chi connectivity index (χ0) is 19.7. The molecule has 4 nitrogen and oxygen atoms in total. The number of carbonyl (C=O) groups is 1. The molecule has 148 valence electrons. The van der Waals surface area contributed by atoms with E-state index in [1.54, 1.807) is 12.1 Å². The number of benzene rings is 2. The molecule has 0 aliphatic carbocycles. The number of aliphatic hydroxyl groups excluding tert-OH is 1. The summed E-state index contributed by atoms with van der Waals surface area (Å²) in [5, 5.41) is 10.6. The molecule has 2 aliphatic heterocycles. The van der Waals surface area contributed by atoms with E-state index in [1.807, 2.05) is 12.1 Å². The van der Waals surface area contributed by atoms with Crippen LogP contribution in [0.5, 0.6) is 0 Å². The summed E-state index contributed by atoms with van der Waals surface area (Å²) in [6, 6.07) is 11.8. The molecule has 0 aromatic heterocycles. The number of halogens is 2. The van der Waals surface area contributed by atoms with Crippen molar-refractivity contribution in [2.75, 3.05) is 26.2 Å². The van der Waals surface area contributed by atoms with Gasteiger partial charge in [-0.25, -0.2) is 4.39 Å². The standard InChI is InChI=1S/C22H24BrFN2O2/c23-18-3-6-20-17(11-18)13-26(22(20)28)12-15-7-9-25(10-8-15)14-21(27)16-1-4-19(24)5-2-16/h1-6,11,15,22,28H,7-10,12-14H2. The van der Waals surface area contributed by atoms with Gasteiger partial charge in [-0.1, -0.05) is 22.0 Å². The lowest BCUT2D eigenvalue weighted by Gasteiger charge is -2.34. The lowest BCUT2D eigenvalue weighted by molar-refractivity contribution is -0.00352. The highest BCUT2D eigenvalue weighted by molar-refractivity contribution is 9.10. The van der Waals surface area contributed by atoms with Crippen molar-refractivity contribution in [1.29, 1.82) is 0 Å². The zero-order valence-corrected chi connectivity index (χ0v) is 17.2. The highest BCUT2D eigenvalue weighted by Crippen LogP contribution is 2.35. The van der Waals surface area contributed by atoms with Crippen LogP contribution in [0.2, 0.25) is 0 Å². The predicted molar refractivity (Wildman–Crippen MR) is 109 cm³/mol. The number of rotatable bonds is 5. The van der Waals surface area contributed by atoms with E-state index in [1.165, 1.54) is 17.7 Å². The van der Waals surface area contributed by atoms with Crippen molar-refractivity contribution in [1.82, 2.24) is 9.80 Å². The van der Waals surface area contributed by atoms with E-state index in [0.717, 1.165) is 49.1 Å². The second kappa shape index (κ2) is 8.41. The van der Waals surface area contributed by atoms with Crippen LogP contribution < -0.4 is 0 Å². The van der Waals surface area contributed by atoms with Gasteiger partial charge in [-0.15, -0.1) is 0 Å². The SMILES string of the molecule is O=C(CN1CCC(CN2Cc3cc(Br)ccc3C2O)CC1)c1ccc(F)cc1. The fourth-order valence-corrected chi connectivity index (χ4v) is 4.63. The molecule has 0 radical (unpaired) electrons. The van der Waals surface area contributed by atoms with E-state index in [-0.39, 0.29) is 11.6 Å². The zero-order valence-electron chi connectivity index (χ0n) is 15.7. The molecule has 2 aromatic rings. The summed E-state index contributed by atoms with van der Waals surface area (Å²) in [6.45, 7) is 3.77. The maximum atomic E-state index is 13.0. The Labute approximate surface area is 173 Å². The maximum absolute atomic E-state index is 13.0. The van der Waals surface area contributed by atoms with E-state index < -0.39 is 6.23 Å². The van der Waals surface area contributed by atoms with Crippen LogP contribution in [0.1, 0.15) is 40.6 Å². The minimum Gasteiger partial charge on any atom is -0.374 e. The van der Waals surface area contributed by atoms with Crippen LogP contribution in [-0.4, -0.2) is 46.9 Å². The number of carbonyl (C=O) groups excluding carboxylic acids is 1. The lowest BCUT2D eigenvalue weighted by atomic mass is 9.95. The first kappa shape index (κ1) is 19.7. The largest absolute Gasteiger partial charge is 0.374 e. The maximum Gasteiger partial charge on any atom is 0.176 e. The van der Waals surface area contributed by atoms with Gasteiger partial charge in [-0.2, -0.15) is 0 Å². The Kier molecular flexibility index (Phi) is 5.92. The molecule has 2 heterocycles. The number of likely N-dealkylation sites (tertiary alicyclic amines) is 1. The fraction of sp³-hybridized carbons (Fsp3) is 0.409. The molecule has 0 saturated carbocycles. The second-order valence-electron chi connectivity index (χ2n) is 7.80. The third-order valence-corrected chi connectivity index (χ3v) is 6.33. The molecule has 28 heavy (non-hydrogen) atoms. The topological polar surface area (TPSA) is 43.8 Å². The molecule has 0 bridgehead atoms. The summed E-state index contributed by atoms with van der Waals surface area (Å²) in [4.78, 5) is 16.7. The molecule has 2 aromatic carbocycles. The van der Waals surface area contributed by atoms with Gasteiger partial charge in [0.2, 0.25) is 0 Å². The molecule has 1 unspecified atom stereocenters. The normalized spacial score (nSPS) is 21.0. The summed E-state index contributed by atoms with van der Waals surface area (Å²) in [5.41, 5.74) is 2.75. The third kappa shape index (κ3) is 4.35. The van der Waals surface area contributed by atoms with Gasteiger partial charge in [0.25, 0.3) is 0 Å². The van der Waals surface area contributed by atoms with E-state index >= 15 is 0 Å². The summed E-state index contributed by atoms with van der Waals surface area (Å²) >= 11 is 3.50. The van der Waals surface area contributed by atoms with Crippen LogP contribution in [0.15, 0.2) is 46.9 Å². The Morgan fingerprint density at radius 2 is 1.86 bits per heavy atom. The van der Waals surface area contributed by atoms with Crippen molar-refractivity contribution in [3.63, 3.8) is 0 Å². The lowest BCUT2D eigenvalue weighted by Crippen LogP contribution is -2.40. The van der Waals surface area contributed by atoms with E-state index in [9.17, 15) is 14.3 Å². The van der Waals surface area contributed by atoms with Gasteiger partial charge in [0, 0.05) is 23.1 Å². The van der Waals surface area contributed by atoms with Gasteiger partial charge in [0.1, 0.15) is 12.0 Å². The van der Waals surface area contributed by atoms with Crippen LogP contribution >= 0.6 is 15.9 Å². The molecule has 2 aliphatic rings. The minimum atomic E-state index is -0.527. The summed E-state index contributed by atoms with van der Waals surface area (Å²) < 4.78 is 14.0. The molecule has 0 spiro atoms. The number of aliphatic hydroxyl groups is 1. The van der Waals surface area contributed by atoms with E-state index in [4.69, 9.17) is 0 Å². The van der Waals surface area contributed by atoms with Crippen molar-refractivity contribution in [3.05, 3.63) is 69.4 Å². The van der Waals surface area contributed by atoms with Crippen LogP contribution in [0, 0.1) is 11.7 Å². The molecule has 1 atom stereocenters. The quantitative estimate of drug-likeness (QED) is 0.705. The predicted octanol–water partition coefficient (Wildman–Crippen LogP) is 3.99. The first-order valence-corrected chi connectivity index (χ1v) is 10.5. The Balaban J connectivity index is 1.27. The van der Waals surface area contributed by atoms with E-state index in [0.29, 0.717) is 18.0 Å². The number of Topliss-reactive ketones (excluding diaryl/α,β-unsaturated/α-hetero) is 1. The van der Waals surface area contributed by atoms with Crippen molar-refractivity contribution in [2.24, 2.45) is 5.92 Å². The van der Waals surface area contributed by atoms with Crippen molar-refractivity contribution in [2.45, 2.75) is 25.6 Å². The fourth-order valence-electron chi connectivity index (χ4n) is 4.22. The van der Waals surface area contributed by atoms with Gasteiger partial charge >= 0.3 is 0 Å². The minimum absolute atomic E-state index is 0.0365. The van der Waals surface area contributed by atoms with Crippen molar-refractivity contribution < 1.29 is 14.3 Å². The number of nitrogens with zero attached hydrogens (tertiary/aromatic N) is 2. The first-order valence-electron chi connectivity index (χ1n) is 9.71. The first-order chi connectivity index (χ1) is 13.5. The third-order valence-electron chi connectivity index (χ3n) is 5.84. The molecule has 0 amide bonds. The monoisotopic (exact) mass is 446 g/mol. The molecule has 1 N–H and O–H groups in total. The van der Waals surface area contributed by atoms with Crippen molar-refractivity contribution >= 4 is 21.7 Å². The second-order valence-corrected chi connectivity index (χ2v) is 8.71. The molecular formula is C22H24BrFN2O2. The van der Waals surface area contributed by atoms with Gasteiger partial charge in [-0.3, -0.25) is 14.6 Å². The Hall–Kier alpha value is -1.60. The van der Waals surface area contributed by atoms with Gasteiger partial charge < -0.3 is 5.11 Å². The number of hydrogen-bond donors (Lipinski definition) is 1. The average Bonchev–Trinajstić information content (AvgIpc) is 2.98. The summed E-state index contributed by atoms with van der Waals surface area (Å²) in [6.07, 6.45) is 1.50. The van der Waals surface area contributed by atoms with Crippen molar-refractivity contribution in [3.8, 4) is 0 Å². The highest BCUT2D eigenvalue weighted by atomic mass is 79.9. The van der Waals surface area contributed by atoms with Crippen LogP contribution in [0.4, 0.5) is 4.39 Å². The molecule has 1 saturated heterocycles.